The second-order valence-electron chi connectivity index (χ2n) is 4.45. The van der Waals surface area contributed by atoms with Crippen molar-refractivity contribution in [1.82, 2.24) is 10.6 Å². The number of nitro benzene ring substituents is 1. The predicted molar refractivity (Wildman–Crippen MR) is 76.5 cm³/mol. The van der Waals surface area contributed by atoms with Crippen molar-refractivity contribution < 1.29 is 19.6 Å². The van der Waals surface area contributed by atoms with Crippen LogP contribution < -0.4 is 15.4 Å². The Morgan fingerprint density at radius 1 is 1.48 bits per heavy atom. The Morgan fingerprint density at radius 3 is 2.76 bits per heavy atom. The van der Waals surface area contributed by atoms with Crippen LogP contribution in [-0.2, 0) is 0 Å². The minimum atomic E-state index is -0.551. The number of ether oxygens (including phenoxy) is 1. The van der Waals surface area contributed by atoms with Gasteiger partial charge in [0, 0.05) is 25.7 Å². The molecule has 1 aromatic carbocycles. The molecule has 0 bridgehead atoms. The molecule has 0 heterocycles. The summed E-state index contributed by atoms with van der Waals surface area (Å²) < 4.78 is 5.00. The van der Waals surface area contributed by atoms with Crippen LogP contribution in [0.25, 0.3) is 0 Å². The minimum Gasteiger partial charge on any atom is -0.496 e. The number of nitrogens with zero attached hydrogens (tertiary/aromatic N) is 1. The summed E-state index contributed by atoms with van der Waals surface area (Å²) >= 11 is 0. The van der Waals surface area contributed by atoms with Crippen molar-refractivity contribution in [2.75, 3.05) is 26.7 Å². The third-order valence-corrected chi connectivity index (χ3v) is 2.67. The Morgan fingerprint density at radius 2 is 2.19 bits per heavy atom. The number of nitrogens with one attached hydrogen (secondary N) is 2. The van der Waals surface area contributed by atoms with Crippen LogP contribution in [0.15, 0.2) is 18.2 Å². The van der Waals surface area contributed by atoms with Gasteiger partial charge in [0.15, 0.2) is 0 Å². The normalized spacial score (nSPS) is 11.8. The zero-order chi connectivity index (χ0) is 15.8. The summed E-state index contributed by atoms with van der Waals surface area (Å²) in [5.41, 5.74) is 0.0978. The topological polar surface area (TPSA) is 114 Å². The van der Waals surface area contributed by atoms with Gasteiger partial charge in [-0.3, -0.25) is 14.9 Å². The van der Waals surface area contributed by atoms with Gasteiger partial charge in [-0.1, -0.05) is 0 Å². The highest BCUT2D eigenvalue weighted by Gasteiger charge is 2.16. The SMILES string of the molecule is COc1cc([N+](=O)[O-])ccc1C(=O)NCCNCC(C)O. The summed E-state index contributed by atoms with van der Waals surface area (Å²) in [5.74, 6) is -0.223. The highest BCUT2D eigenvalue weighted by molar-refractivity contribution is 5.97. The maximum absolute atomic E-state index is 12.0. The Balaban J connectivity index is 2.59. The summed E-state index contributed by atoms with van der Waals surface area (Å²) in [7, 11) is 1.35. The third-order valence-electron chi connectivity index (χ3n) is 2.67. The number of nitro groups is 1. The zero-order valence-corrected chi connectivity index (χ0v) is 12.0. The van der Waals surface area contributed by atoms with E-state index >= 15 is 0 Å². The fraction of sp³-hybridized carbons (Fsp3) is 0.462. The highest BCUT2D eigenvalue weighted by atomic mass is 16.6. The second kappa shape index (κ2) is 8.18. The van der Waals surface area contributed by atoms with Crippen molar-refractivity contribution in [1.29, 1.82) is 0 Å². The quantitative estimate of drug-likeness (QED) is 0.361. The number of rotatable bonds is 8. The fourth-order valence-corrected chi connectivity index (χ4v) is 1.65. The Bertz CT molecular complexity index is 505. The molecule has 0 radical (unpaired) electrons. The van der Waals surface area contributed by atoms with Gasteiger partial charge in [0.1, 0.15) is 5.75 Å². The molecule has 0 fully saturated rings. The van der Waals surface area contributed by atoms with E-state index in [9.17, 15) is 14.9 Å². The number of aliphatic hydroxyl groups excluding tert-OH is 1. The van der Waals surface area contributed by atoms with Crippen molar-refractivity contribution in [3.05, 3.63) is 33.9 Å². The molecule has 8 heteroatoms. The van der Waals surface area contributed by atoms with E-state index in [1.54, 1.807) is 6.92 Å². The molecule has 8 nitrogen and oxygen atoms in total. The maximum atomic E-state index is 12.0. The largest absolute Gasteiger partial charge is 0.496 e. The molecule has 1 unspecified atom stereocenters. The maximum Gasteiger partial charge on any atom is 0.273 e. The monoisotopic (exact) mass is 297 g/mol. The number of benzene rings is 1. The van der Waals surface area contributed by atoms with Crippen LogP contribution in [-0.4, -0.2) is 48.8 Å². The lowest BCUT2D eigenvalue weighted by molar-refractivity contribution is -0.384. The van der Waals surface area contributed by atoms with Gasteiger partial charge in [0.25, 0.3) is 11.6 Å². The molecule has 1 atom stereocenters. The summed E-state index contributed by atoms with van der Waals surface area (Å²) in [5, 5.41) is 25.3. The van der Waals surface area contributed by atoms with Gasteiger partial charge in [-0.05, 0) is 13.0 Å². The van der Waals surface area contributed by atoms with Crippen molar-refractivity contribution in [3.8, 4) is 5.75 Å². The van der Waals surface area contributed by atoms with Gasteiger partial charge in [-0.15, -0.1) is 0 Å². The molecular weight excluding hydrogens is 278 g/mol. The molecule has 116 valence electrons. The predicted octanol–water partition coefficient (Wildman–Crippen LogP) is 0.304. The van der Waals surface area contributed by atoms with Crippen LogP contribution in [0.4, 0.5) is 5.69 Å². The molecular formula is C13H19N3O5. The number of non-ortho nitro benzene ring substituents is 1. The molecule has 0 spiro atoms. The lowest BCUT2D eigenvalue weighted by Crippen LogP contribution is -2.34. The number of hydrogen-bond donors (Lipinski definition) is 3. The number of carbonyl (C=O) groups is 1. The van der Waals surface area contributed by atoms with E-state index in [0.717, 1.165) is 0 Å². The summed E-state index contributed by atoms with van der Waals surface area (Å²) in [4.78, 5) is 22.1. The smallest absolute Gasteiger partial charge is 0.273 e. The van der Waals surface area contributed by atoms with Gasteiger partial charge in [0.2, 0.25) is 0 Å². The molecule has 1 rings (SSSR count). The molecule has 0 saturated heterocycles. The van der Waals surface area contributed by atoms with E-state index in [0.29, 0.717) is 19.6 Å². The highest BCUT2D eigenvalue weighted by Crippen LogP contribution is 2.24. The summed E-state index contributed by atoms with van der Waals surface area (Å²) in [6.07, 6.45) is -0.449. The average Bonchev–Trinajstić information content (AvgIpc) is 2.45. The number of hydrogen-bond acceptors (Lipinski definition) is 6. The van der Waals surface area contributed by atoms with Crippen LogP contribution in [0.1, 0.15) is 17.3 Å². The Kier molecular flexibility index (Phi) is 6.57. The molecule has 3 N–H and O–H groups in total. The molecule has 0 saturated carbocycles. The van der Waals surface area contributed by atoms with E-state index in [1.165, 1.54) is 25.3 Å². The Hall–Kier alpha value is -2.19. The fourth-order valence-electron chi connectivity index (χ4n) is 1.65. The first kappa shape index (κ1) is 16.9. The number of aliphatic hydroxyl groups is 1. The number of carbonyl (C=O) groups excluding carboxylic acids is 1. The van der Waals surface area contributed by atoms with Crippen LogP contribution in [0.3, 0.4) is 0 Å². The molecule has 0 aliphatic carbocycles. The van der Waals surface area contributed by atoms with E-state index < -0.39 is 11.0 Å². The third kappa shape index (κ3) is 5.36. The number of methoxy groups -OCH3 is 1. The first-order valence-electron chi connectivity index (χ1n) is 6.45. The van der Waals surface area contributed by atoms with E-state index in [1.807, 2.05) is 0 Å². The summed E-state index contributed by atoms with van der Waals surface area (Å²) in [6, 6.07) is 3.82. The summed E-state index contributed by atoms with van der Waals surface area (Å²) in [6.45, 7) is 2.97. The second-order valence-corrected chi connectivity index (χ2v) is 4.45. The van der Waals surface area contributed by atoms with Crippen molar-refractivity contribution in [2.24, 2.45) is 0 Å². The van der Waals surface area contributed by atoms with Crippen molar-refractivity contribution in [3.63, 3.8) is 0 Å². The minimum absolute atomic E-state index is 0.137. The molecule has 0 aliphatic rings. The lowest BCUT2D eigenvalue weighted by Gasteiger charge is -2.10. The number of amides is 1. The van der Waals surface area contributed by atoms with Gasteiger partial charge in [0.05, 0.1) is 29.8 Å². The average molecular weight is 297 g/mol. The van der Waals surface area contributed by atoms with Gasteiger partial charge in [-0.25, -0.2) is 0 Å². The van der Waals surface area contributed by atoms with Gasteiger partial charge < -0.3 is 20.5 Å². The first-order chi connectivity index (χ1) is 9.95. The standard InChI is InChI=1S/C13H19N3O5/c1-9(17)8-14-5-6-15-13(18)11-4-3-10(16(19)20)7-12(11)21-2/h3-4,7,9,14,17H,5-6,8H2,1-2H3,(H,15,18). The van der Waals surface area contributed by atoms with Crippen LogP contribution in [0.5, 0.6) is 5.75 Å². The van der Waals surface area contributed by atoms with Gasteiger partial charge >= 0.3 is 0 Å². The molecule has 1 aromatic rings. The lowest BCUT2D eigenvalue weighted by atomic mass is 10.1. The van der Waals surface area contributed by atoms with Crippen LogP contribution >= 0.6 is 0 Å². The van der Waals surface area contributed by atoms with E-state index in [4.69, 9.17) is 9.84 Å². The van der Waals surface area contributed by atoms with Crippen molar-refractivity contribution >= 4 is 11.6 Å². The Labute approximate surface area is 122 Å². The molecule has 0 aromatic heterocycles. The van der Waals surface area contributed by atoms with Crippen LogP contribution in [0, 0.1) is 10.1 Å². The van der Waals surface area contributed by atoms with Crippen LogP contribution in [0.2, 0.25) is 0 Å². The van der Waals surface area contributed by atoms with Crippen molar-refractivity contribution in [2.45, 2.75) is 13.0 Å². The molecule has 0 aliphatic heterocycles. The first-order valence-corrected chi connectivity index (χ1v) is 6.45. The zero-order valence-electron chi connectivity index (χ0n) is 12.0. The van der Waals surface area contributed by atoms with Gasteiger partial charge in [-0.2, -0.15) is 0 Å². The molecule has 21 heavy (non-hydrogen) atoms. The van der Waals surface area contributed by atoms with E-state index in [2.05, 4.69) is 10.6 Å². The molecule has 1 amide bonds. The van der Waals surface area contributed by atoms with E-state index in [-0.39, 0.29) is 22.9 Å².